The smallest absolute Gasteiger partial charge is 0.453 e. The Balaban J connectivity index is 1.91. The Bertz CT molecular complexity index is 873. The second-order valence-corrected chi connectivity index (χ2v) is 5.23. The minimum Gasteiger partial charge on any atom is -0.495 e. The zero-order chi connectivity index (χ0) is 16.6. The number of alkyl halides is 3. The first-order valence-corrected chi connectivity index (χ1v) is 6.95. The van der Waals surface area contributed by atoms with Crippen LogP contribution in [0.25, 0.3) is 4.96 Å². The Hall–Kier alpha value is -2.69. The van der Waals surface area contributed by atoms with Crippen LogP contribution in [0.5, 0.6) is 5.75 Å². The fourth-order valence-corrected chi connectivity index (χ4v) is 2.54. The van der Waals surface area contributed by atoms with Gasteiger partial charge in [0.05, 0.1) is 12.8 Å². The fourth-order valence-electron chi connectivity index (χ4n) is 1.81. The average molecular weight is 343 g/mol. The molecule has 0 aliphatic carbocycles. The monoisotopic (exact) mass is 343 g/mol. The average Bonchev–Trinajstić information content (AvgIpc) is 3.06. The number of methoxy groups -OCH3 is 1. The Labute approximate surface area is 130 Å². The summed E-state index contributed by atoms with van der Waals surface area (Å²) < 4.78 is 43.8. The molecule has 0 aliphatic heterocycles. The van der Waals surface area contributed by atoms with E-state index in [9.17, 15) is 18.0 Å². The van der Waals surface area contributed by atoms with Crippen LogP contribution in [0.4, 0.5) is 18.9 Å². The van der Waals surface area contributed by atoms with Gasteiger partial charge in [-0.15, -0.1) is 15.3 Å². The van der Waals surface area contributed by atoms with Crippen LogP contribution in [0.15, 0.2) is 24.3 Å². The van der Waals surface area contributed by atoms with Gasteiger partial charge in [0.25, 0.3) is 11.7 Å². The Morgan fingerprint density at radius 3 is 2.74 bits per heavy atom. The van der Waals surface area contributed by atoms with E-state index in [1.54, 1.807) is 24.3 Å². The number of halogens is 3. The van der Waals surface area contributed by atoms with Crippen molar-refractivity contribution in [3.8, 4) is 5.75 Å². The van der Waals surface area contributed by atoms with Crippen molar-refractivity contribution in [2.24, 2.45) is 0 Å². The highest BCUT2D eigenvalue weighted by Crippen LogP contribution is 2.29. The summed E-state index contributed by atoms with van der Waals surface area (Å²) in [7, 11) is 1.43. The number of para-hydroxylation sites is 2. The highest BCUT2D eigenvalue weighted by Gasteiger charge is 2.38. The molecule has 0 atom stereocenters. The van der Waals surface area contributed by atoms with Crippen molar-refractivity contribution < 1.29 is 22.7 Å². The molecule has 0 aliphatic rings. The number of aromatic nitrogens is 4. The summed E-state index contributed by atoms with van der Waals surface area (Å²) in [6.07, 6.45) is -4.70. The zero-order valence-electron chi connectivity index (χ0n) is 11.5. The van der Waals surface area contributed by atoms with Crippen LogP contribution in [-0.4, -0.2) is 32.8 Å². The first-order valence-electron chi connectivity index (χ1n) is 6.14. The molecule has 0 unspecified atom stereocenters. The predicted molar refractivity (Wildman–Crippen MR) is 74.6 cm³/mol. The second kappa shape index (κ2) is 5.50. The van der Waals surface area contributed by atoms with Crippen LogP contribution in [-0.2, 0) is 6.18 Å². The minimum atomic E-state index is -4.70. The Kier molecular flexibility index (Phi) is 3.64. The molecular weight excluding hydrogens is 335 g/mol. The van der Waals surface area contributed by atoms with Gasteiger partial charge in [-0.05, 0) is 12.1 Å². The third kappa shape index (κ3) is 2.82. The molecule has 0 spiro atoms. The standard InChI is InChI=1S/C12H8F3N5O2S/c1-22-7-5-3-2-4-6(7)16-8(21)9-19-20-10(12(13,14)15)17-18-11(20)23-9/h2-5H,1H3,(H,16,21). The lowest BCUT2D eigenvalue weighted by Gasteiger charge is -2.08. The van der Waals surface area contributed by atoms with E-state index in [2.05, 4.69) is 20.6 Å². The third-order valence-corrected chi connectivity index (χ3v) is 3.69. The van der Waals surface area contributed by atoms with E-state index < -0.39 is 17.9 Å². The number of amides is 1. The van der Waals surface area contributed by atoms with Gasteiger partial charge in [0.2, 0.25) is 9.97 Å². The van der Waals surface area contributed by atoms with Crippen molar-refractivity contribution in [2.75, 3.05) is 12.4 Å². The van der Waals surface area contributed by atoms with Gasteiger partial charge in [-0.1, -0.05) is 23.5 Å². The highest BCUT2D eigenvalue weighted by molar-refractivity contribution is 7.18. The summed E-state index contributed by atoms with van der Waals surface area (Å²) in [6, 6.07) is 6.62. The summed E-state index contributed by atoms with van der Waals surface area (Å²) in [6.45, 7) is 0. The van der Waals surface area contributed by atoms with Crippen molar-refractivity contribution in [1.29, 1.82) is 0 Å². The van der Waals surface area contributed by atoms with Crippen LogP contribution >= 0.6 is 11.3 Å². The quantitative estimate of drug-likeness (QED) is 0.790. The lowest BCUT2D eigenvalue weighted by molar-refractivity contribution is -0.146. The second-order valence-electron chi connectivity index (χ2n) is 4.28. The number of ether oxygens (including phenoxy) is 1. The van der Waals surface area contributed by atoms with Crippen molar-refractivity contribution in [3.63, 3.8) is 0 Å². The van der Waals surface area contributed by atoms with Gasteiger partial charge >= 0.3 is 6.18 Å². The number of hydrogen-bond acceptors (Lipinski definition) is 6. The van der Waals surface area contributed by atoms with E-state index in [-0.39, 0.29) is 9.97 Å². The molecule has 3 aromatic rings. The maximum absolute atomic E-state index is 12.7. The van der Waals surface area contributed by atoms with Crippen molar-refractivity contribution in [3.05, 3.63) is 35.1 Å². The molecular formula is C12H8F3N5O2S. The van der Waals surface area contributed by atoms with Crippen LogP contribution < -0.4 is 10.1 Å². The summed E-state index contributed by atoms with van der Waals surface area (Å²) in [5, 5.41) is 12.4. The number of benzene rings is 1. The molecule has 0 radical (unpaired) electrons. The van der Waals surface area contributed by atoms with Crippen LogP contribution in [0, 0.1) is 0 Å². The van der Waals surface area contributed by atoms with Gasteiger partial charge in [0.1, 0.15) is 5.75 Å². The maximum atomic E-state index is 12.7. The van der Waals surface area contributed by atoms with Crippen molar-refractivity contribution >= 4 is 27.9 Å². The number of hydrogen-bond donors (Lipinski definition) is 1. The third-order valence-electron chi connectivity index (χ3n) is 2.79. The van der Waals surface area contributed by atoms with E-state index in [4.69, 9.17) is 4.74 Å². The molecule has 11 heteroatoms. The van der Waals surface area contributed by atoms with E-state index in [1.807, 2.05) is 0 Å². The van der Waals surface area contributed by atoms with E-state index >= 15 is 0 Å². The largest absolute Gasteiger partial charge is 0.495 e. The first-order chi connectivity index (χ1) is 10.9. The van der Waals surface area contributed by atoms with Crippen LogP contribution in [0.2, 0.25) is 0 Å². The molecule has 3 rings (SSSR count). The van der Waals surface area contributed by atoms with Gasteiger partial charge in [-0.2, -0.15) is 17.7 Å². The molecule has 23 heavy (non-hydrogen) atoms. The van der Waals surface area contributed by atoms with Crippen LogP contribution in [0.3, 0.4) is 0 Å². The Morgan fingerprint density at radius 2 is 2.04 bits per heavy atom. The summed E-state index contributed by atoms with van der Waals surface area (Å²) >= 11 is 0.700. The molecule has 2 aromatic heterocycles. The summed E-state index contributed by atoms with van der Waals surface area (Å²) in [4.78, 5) is 12.0. The zero-order valence-corrected chi connectivity index (χ0v) is 12.3. The molecule has 1 amide bonds. The van der Waals surface area contributed by atoms with Crippen LogP contribution in [0.1, 0.15) is 15.6 Å². The number of nitrogens with one attached hydrogen (secondary N) is 1. The van der Waals surface area contributed by atoms with E-state index in [1.165, 1.54) is 7.11 Å². The molecule has 0 bridgehead atoms. The van der Waals surface area contributed by atoms with Gasteiger partial charge in [-0.25, -0.2) is 0 Å². The van der Waals surface area contributed by atoms with Crippen molar-refractivity contribution in [1.82, 2.24) is 19.8 Å². The number of fused-ring (bicyclic) bond motifs is 1. The number of nitrogens with zero attached hydrogens (tertiary/aromatic N) is 4. The first kappa shape index (κ1) is 15.2. The molecule has 1 N–H and O–H groups in total. The van der Waals surface area contributed by atoms with E-state index in [0.29, 0.717) is 27.3 Å². The summed E-state index contributed by atoms with van der Waals surface area (Å²) in [5.41, 5.74) is 0.377. The molecule has 2 heterocycles. The van der Waals surface area contributed by atoms with Gasteiger partial charge < -0.3 is 10.1 Å². The van der Waals surface area contributed by atoms with E-state index in [0.717, 1.165) is 0 Å². The normalized spacial score (nSPS) is 11.7. The van der Waals surface area contributed by atoms with Gasteiger partial charge in [-0.3, -0.25) is 4.79 Å². The SMILES string of the molecule is COc1ccccc1NC(=O)c1nn2c(C(F)(F)F)nnc2s1. The number of carbonyl (C=O) groups excluding carboxylic acids is 1. The molecule has 120 valence electrons. The number of rotatable bonds is 3. The van der Waals surface area contributed by atoms with Gasteiger partial charge in [0.15, 0.2) is 0 Å². The highest BCUT2D eigenvalue weighted by atomic mass is 32.1. The molecule has 0 saturated heterocycles. The topological polar surface area (TPSA) is 81.4 Å². The summed E-state index contributed by atoms with van der Waals surface area (Å²) in [5.74, 6) is -1.53. The number of anilines is 1. The Morgan fingerprint density at radius 1 is 1.30 bits per heavy atom. The lowest BCUT2D eigenvalue weighted by Crippen LogP contribution is -2.15. The number of carbonyl (C=O) groups is 1. The molecule has 1 aromatic carbocycles. The predicted octanol–water partition coefficient (Wildman–Crippen LogP) is 2.47. The lowest BCUT2D eigenvalue weighted by atomic mass is 10.3. The maximum Gasteiger partial charge on any atom is 0.453 e. The molecule has 0 saturated carbocycles. The molecule has 7 nitrogen and oxygen atoms in total. The fraction of sp³-hybridized carbons (Fsp3) is 0.167. The van der Waals surface area contributed by atoms with Gasteiger partial charge in [0, 0.05) is 0 Å². The van der Waals surface area contributed by atoms with Crippen molar-refractivity contribution in [2.45, 2.75) is 6.18 Å². The minimum absolute atomic E-state index is 0.123. The molecule has 0 fully saturated rings.